The maximum Gasteiger partial charge on any atom is 0.222 e. The van der Waals surface area contributed by atoms with E-state index < -0.39 is 123 Å². The van der Waals surface area contributed by atoms with E-state index in [4.69, 9.17) is 42.6 Å². The number of carbonyl (C=O) groups excluding carboxylic acids is 8. The number of aliphatic hydroxyl groups is 10. The molecule has 0 aromatic heterocycles. The molecule has 16 unspecified atom stereocenters. The Morgan fingerprint density at radius 3 is 1.06 bits per heavy atom. The minimum Gasteiger partial charge on any atom is -0.394 e. The average Bonchev–Trinajstić information content (AvgIpc) is 1.64. The molecule has 0 aliphatic carbocycles. The van der Waals surface area contributed by atoms with Gasteiger partial charge in [-0.25, -0.2) is 0 Å². The number of likely N-dealkylation sites (tertiary alicyclic amines) is 1. The fourth-order valence-electron chi connectivity index (χ4n) is 13.6. The Kier molecular flexibility index (Phi) is 50.1. The molecule has 0 aromatic carbocycles. The summed E-state index contributed by atoms with van der Waals surface area (Å²) in [6.07, 6.45) is 0.534. The topological polar surface area (TPSA) is 497 Å². The molecule has 0 radical (unpaired) electrons. The van der Waals surface area contributed by atoms with Gasteiger partial charge in [0.25, 0.3) is 0 Å². The second kappa shape index (κ2) is 56.5. The Bertz CT molecular complexity index is 2500. The van der Waals surface area contributed by atoms with Crippen molar-refractivity contribution in [1.82, 2.24) is 36.8 Å². The van der Waals surface area contributed by atoms with E-state index in [2.05, 4.69) is 38.8 Å². The van der Waals surface area contributed by atoms with Crippen molar-refractivity contribution in [2.24, 2.45) is 23.2 Å². The van der Waals surface area contributed by atoms with Crippen LogP contribution in [0.3, 0.4) is 0 Å². The zero-order valence-corrected chi connectivity index (χ0v) is 65.7. The lowest BCUT2D eigenvalue weighted by atomic mass is 9.84. The molecular formula is C76H137N7O27. The lowest BCUT2D eigenvalue weighted by Gasteiger charge is -2.40. The number of nitrogens with zero attached hydrogens (tertiary/aromatic N) is 1. The molecule has 34 heteroatoms. The van der Waals surface area contributed by atoms with Crippen molar-refractivity contribution in [2.75, 3.05) is 125 Å². The summed E-state index contributed by atoms with van der Waals surface area (Å²) in [7, 11) is 0. The largest absolute Gasteiger partial charge is 0.394 e. The molecule has 0 spiro atoms. The number of amides is 7. The number of hydrogen-bond donors (Lipinski definition) is 16. The molecule has 4 saturated heterocycles. The molecule has 4 aliphatic heterocycles. The van der Waals surface area contributed by atoms with Crippen LogP contribution in [-0.4, -0.2) is 314 Å². The minimum absolute atomic E-state index is 0.0333. The van der Waals surface area contributed by atoms with Crippen LogP contribution in [0.2, 0.25) is 0 Å². The van der Waals surface area contributed by atoms with Crippen molar-refractivity contribution in [2.45, 2.75) is 287 Å². The van der Waals surface area contributed by atoms with Gasteiger partial charge in [0.2, 0.25) is 41.4 Å². The number of carbonyl (C=O) groups is 8. The summed E-state index contributed by atoms with van der Waals surface area (Å²) in [5, 5.41) is 117. The van der Waals surface area contributed by atoms with E-state index >= 15 is 0 Å². The van der Waals surface area contributed by atoms with Gasteiger partial charge in [0, 0.05) is 140 Å². The van der Waals surface area contributed by atoms with Gasteiger partial charge in [-0.15, -0.1) is 0 Å². The second-order valence-electron chi connectivity index (χ2n) is 30.0. The summed E-state index contributed by atoms with van der Waals surface area (Å²) in [6, 6.07) is 0.111. The first-order chi connectivity index (χ1) is 52.9. The number of ketones is 1. The SMILES string of the molecule is CCCC1C[C@@H](O)CN1C(=O)CCCCCCCCCCC(=O)CC(COCCC(=O)NCCCNC(=O)CCCCOC1OC(CO)C(O)C(O)C1C)(COCCC(=O)NCCCNC(=O)CCCCOC1OC(CO)C(O)C(O)C1C)COCCC(=O)NCCCNC(=O)CCOC1OC(CO)C(O)C(O)C1C. The molecule has 16 N–H and O–H groups in total. The van der Waals surface area contributed by atoms with Crippen molar-refractivity contribution < 1.29 is 132 Å². The molecule has 0 bridgehead atoms. The molecule has 638 valence electrons. The number of rotatable bonds is 61. The molecule has 110 heavy (non-hydrogen) atoms. The molecule has 4 rings (SSSR count). The second-order valence-corrected chi connectivity index (χ2v) is 30.0. The fourth-order valence-corrected chi connectivity index (χ4v) is 13.6. The van der Waals surface area contributed by atoms with Crippen molar-refractivity contribution in [1.29, 1.82) is 0 Å². The molecule has 4 heterocycles. The summed E-state index contributed by atoms with van der Waals surface area (Å²) < 4.78 is 52.4. The van der Waals surface area contributed by atoms with Gasteiger partial charge >= 0.3 is 0 Å². The van der Waals surface area contributed by atoms with E-state index in [1.165, 1.54) is 0 Å². The first kappa shape index (κ1) is 97.6. The van der Waals surface area contributed by atoms with Crippen LogP contribution < -0.4 is 31.9 Å². The zero-order chi connectivity index (χ0) is 80.6. The first-order valence-electron chi connectivity index (χ1n) is 40.4. The van der Waals surface area contributed by atoms with Gasteiger partial charge < -0.3 is 130 Å². The Labute approximate surface area is 648 Å². The fraction of sp³-hybridized carbons (Fsp3) is 0.895. The molecule has 4 aliphatic rings. The Hall–Kier alpha value is -4.80. The number of unbranched alkanes of at least 4 members (excludes halogenated alkanes) is 9. The van der Waals surface area contributed by atoms with Crippen LogP contribution in [0.5, 0.6) is 0 Å². The predicted molar refractivity (Wildman–Crippen MR) is 398 cm³/mol. The lowest BCUT2D eigenvalue weighted by Crippen LogP contribution is -2.55. The lowest BCUT2D eigenvalue weighted by molar-refractivity contribution is -0.282. The molecule has 34 nitrogen and oxygen atoms in total. The van der Waals surface area contributed by atoms with Crippen LogP contribution >= 0.6 is 0 Å². The standard InChI is InChI=1S/C76H137N7O27/c1-5-21-54-42-56(88)44-83(54)66(95)25-13-11-9-7-6-8-10-12-22-55(87)43-76(50-104-40-28-64(93)81-34-20-35-82-65(94)29-41-107-75-53(4)69(98)72(101)59(47-86)110-75,48-102-38-26-62(91)79-32-18-30-77-60(89)23-14-16-36-105-73-51(2)67(96)70(99)57(45-84)108-73)49-103-39-27-63(92)80-33-19-31-78-61(90)24-15-17-37-106-74-52(3)68(97)71(100)58(46-85)109-74/h51-54,56-59,67-75,84-86,88,96-101H,5-50H2,1-4H3,(H,77,89)(H,78,90)(H,79,91)(H,80,92)(H,81,93)(H,82,94)/t51?,52?,53?,54?,56-,57?,58?,59?,67?,68?,69?,70?,71?,72?,73?,74?,75?,76?/m1/s1. The van der Waals surface area contributed by atoms with Crippen LogP contribution in [0, 0.1) is 23.2 Å². The van der Waals surface area contributed by atoms with Crippen LogP contribution in [0.4, 0.5) is 0 Å². The summed E-state index contributed by atoms with van der Waals surface area (Å²) >= 11 is 0. The molecule has 0 aromatic rings. The van der Waals surface area contributed by atoms with E-state index in [-0.39, 0.29) is 190 Å². The number of ether oxygens (including phenoxy) is 9. The molecule has 0 saturated carbocycles. The van der Waals surface area contributed by atoms with Gasteiger partial charge in [-0.2, -0.15) is 0 Å². The zero-order valence-electron chi connectivity index (χ0n) is 65.7. The highest BCUT2D eigenvalue weighted by Gasteiger charge is 2.45. The monoisotopic (exact) mass is 1580 g/mol. The summed E-state index contributed by atoms with van der Waals surface area (Å²) in [6.45, 7) is 7.53. The third-order valence-corrected chi connectivity index (χ3v) is 20.5. The number of aliphatic hydroxyl groups excluding tert-OH is 10. The number of β-amino-alcohol motifs (C(OH)–C–C–N with tert-alkyl or cyclic N) is 1. The number of hydrogen-bond acceptors (Lipinski definition) is 27. The average molecular weight is 1580 g/mol. The van der Waals surface area contributed by atoms with Gasteiger partial charge in [-0.05, 0) is 70.6 Å². The van der Waals surface area contributed by atoms with E-state index in [0.717, 1.165) is 57.8 Å². The van der Waals surface area contributed by atoms with Gasteiger partial charge in [0.1, 0.15) is 42.4 Å². The first-order valence-corrected chi connectivity index (χ1v) is 40.4. The van der Waals surface area contributed by atoms with Crippen molar-refractivity contribution in [3.8, 4) is 0 Å². The van der Waals surface area contributed by atoms with Crippen LogP contribution in [0.1, 0.15) is 201 Å². The Morgan fingerprint density at radius 1 is 0.391 bits per heavy atom. The van der Waals surface area contributed by atoms with Gasteiger partial charge in [0.15, 0.2) is 18.9 Å². The quantitative estimate of drug-likeness (QED) is 0.0347. The Balaban J connectivity index is 1.27. The maximum absolute atomic E-state index is 14.1. The number of nitrogens with one attached hydrogen (secondary N) is 6. The van der Waals surface area contributed by atoms with Gasteiger partial charge in [-0.3, -0.25) is 38.4 Å². The highest BCUT2D eigenvalue weighted by atomic mass is 16.7. The highest BCUT2D eigenvalue weighted by Crippen LogP contribution is 2.32. The van der Waals surface area contributed by atoms with Crippen molar-refractivity contribution in [3.63, 3.8) is 0 Å². The van der Waals surface area contributed by atoms with Crippen LogP contribution in [0.25, 0.3) is 0 Å². The van der Waals surface area contributed by atoms with Gasteiger partial charge in [-0.1, -0.05) is 72.6 Å². The molecular weight excluding hydrogens is 1440 g/mol. The van der Waals surface area contributed by atoms with Crippen LogP contribution in [0.15, 0.2) is 0 Å². The van der Waals surface area contributed by atoms with Crippen LogP contribution in [-0.2, 0) is 81.0 Å². The third-order valence-electron chi connectivity index (χ3n) is 20.5. The maximum atomic E-state index is 14.1. The van der Waals surface area contributed by atoms with Crippen molar-refractivity contribution >= 4 is 47.1 Å². The molecule has 4 fully saturated rings. The smallest absolute Gasteiger partial charge is 0.222 e. The van der Waals surface area contributed by atoms with E-state index in [9.17, 15) is 89.4 Å². The number of Topliss-reactive ketones (excluding diaryl/α,β-unsaturated/α-hetero) is 1. The van der Waals surface area contributed by atoms with Gasteiger partial charge in [0.05, 0.1) is 96.9 Å². The molecule has 17 atom stereocenters. The molecule has 7 amide bonds. The van der Waals surface area contributed by atoms with E-state index in [0.29, 0.717) is 83.8 Å². The van der Waals surface area contributed by atoms with E-state index in [1.807, 2.05) is 4.90 Å². The normalized spacial score (nSPS) is 26.7. The third kappa shape index (κ3) is 38.1. The predicted octanol–water partition coefficient (Wildman–Crippen LogP) is -0.312. The Morgan fingerprint density at radius 2 is 0.709 bits per heavy atom. The highest BCUT2D eigenvalue weighted by molar-refractivity contribution is 5.80. The summed E-state index contributed by atoms with van der Waals surface area (Å²) in [4.78, 5) is 106. The van der Waals surface area contributed by atoms with Crippen molar-refractivity contribution in [3.05, 3.63) is 0 Å². The summed E-state index contributed by atoms with van der Waals surface area (Å²) in [5.41, 5.74) is -1.14. The summed E-state index contributed by atoms with van der Waals surface area (Å²) in [5.74, 6) is -3.31. The van der Waals surface area contributed by atoms with E-state index in [1.54, 1.807) is 20.8 Å². The minimum atomic E-state index is -1.28.